The number of carbonyl (C=O) groups is 1. The maximum Gasteiger partial charge on any atom is 0.573 e. The summed E-state index contributed by atoms with van der Waals surface area (Å²) >= 11 is 0. The number of hydrogen-bond donors (Lipinski definition) is 2. The van der Waals surface area contributed by atoms with Crippen molar-refractivity contribution < 1.29 is 27.8 Å². The van der Waals surface area contributed by atoms with E-state index in [9.17, 15) is 18.0 Å². The van der Waals surface area contributed by atoms with Crippen LogP contribution in [0.3, 0.4) is 0 Å². The number of aliphatic carboxylic acids is 1. The number of aryl methyl sites for hydroxylation is 1. The van der Waals surface area contributed by atoms with E-state index in [1.807, 2.05) is 6.92 Å². The number of alkyl halides is 3. The maximum absolute atomic E-state index is 12.1. The highest BCUT2D eigenvalue weighted by atomic mass is 19.4. The van der Waals surface area contributed by atoms with E-state index in [2.05, 4.69) is 4.74 Å². The number of hydrogen-bond acceptors (Lipinski definition) is 3. The van der Waals surface area contributed by atoms with Crippen molar-refractivity contribution in [2.24, 2.45) is 11.7 Å². The Morgan fingerprint density at radius 2 is 1.88 bits per heavy atom. The molecule has 7 heteroatoms. The van der Waals surface area contributed by atoms with Crippen LogP contribution in [0.1, 0.15) is 45.1 Å². The Bertz CT molecular complexity index is 527. The van der Waals surface area contributed by atoms with Crippen molar-refractivity contribution in [1.82, 2.24) is 0 Å². The number of halogens is 3. The van der Waals surface area contributed by atoms with E-state index < -0.39 is 17.9 Å². The molecule has 136 valence electrons. The molecule has 0 heterocycles. The second-order valence-corrected chi connectivity index (χ2v) is 6.28. The lowest BCUT2D eigenvalue weighted by atomic mass is 9.85. The number of carboxylic acids is 1. The number of rotatable bonds is 9. The molecule has 0 amide bonds. The number of ether oxygens (including phenoxy) is 1. The van der Waals surface area contributed by atoms with Crippen LogP contribution in [-0.2, 0) is 11.2 Å². The third kappa shape index (κ3) is 7.21. The predicted octanol–water partition coefficient (Wildman–Crippen LogP) is 4.13. The highest BCUT2D eigenvalue weighted by Gasteiger charge is 2.31. The van der Waals surface area contributed by atoms with Crippen LogP contribution in [0, 0.1) is 5.92 Å². The molecule has 0 aromatic heterocycles. The average Bonchev–Trinajstić information content (AvgIpc) is 2.46. The first kappa shape index (κ1) is 20.3. The quantitative estimate of drug-likeness (QED) is 0.705. The average molecular weight is 347 g/mol. The fraction of sp³-hybridized carbons (Fsp3) is 0.588. The maximum atomic E-state index is 12.1. The molecule has 0 aliphatic rings. The van der Waals surface area contributed by atoms with Gasteiger partial charge in [0.2, 0.25) is 0 Å². The van der Waals surface area contributed by atoms with Gasteiger partial charge in [-0.1, -0.05) is 31.9 Å². The largest absolute Gasteiger partial charge is 0.573 e. The van der Waals surface area contributed by atoms with Gasteiger partial charge >= 0.3 is 12.3 Å². The zero-order valence-electron chi connectivity index (χ0n) is 13.9. The summed E-state index contributed by atoms with van der Waals surface area (Å²) < 4.78 is 40.1. The number of benzene rings is 1. The molecule has 1 rings (SSSR count). The van der Waals surface area contributed by atoms with E-state index in [0.29, 0.717) is 12.8 Å². The molecule has 1 aromatic carbocycles. The minimum atomic E-state index is -4.69. The van der Waals surface area contributed by atoms with Gasteiger partial charge in [-0.15, -0.1) is 13.2 Å². The Morgan fingerprint density at radius 1 is 1.29 bits per heavy atom. The van der Waals surface area contributed by atoms with E-state index in [1.54, 1.807) is 12.1 Å². The molecule has 2 atom stereocenters. The Morgan fingerprint density at radius 3 is 2.33 bits per heavy atom. The minimum Gasteiger partial charge on any atom is -0.480 e. The van der Waals surface area contributed by atoms with Crippen molar-refractivity contribution in [3.8, 4) is 5.75 Å². The molecule has 0 fully saturated rings. The van der Waals surface area contributed by atoms with Crippen molar-refractivity contribution in [2.75, 3.05) is 0 Å². The van der Waals surface area contributed by atoms with Gasteiger partial charge in [0.05, 0.1) is 0 Å². The lowest BCUT2D eigenvalue weighted by Crippen LogP contribution is -2.46. The lowest BCUT2D eigenvalue weighted by molar-refractivity contribution is -0.274. The first-order valence-corrected chi connectivity index (χ1v) is 7.90. The zero-order chi connectivity index (χ0) is 18.4. The van der Waals surface area contributed by atoms with E-state index in [4.69, 9.17) is 10.8 Å². The van der Waals surface area contributed by atoms with Crippen LogP contribution in [0.4, 0.5) is 13.2 Å². The monoisotopic (exact) mass is 347 g/mol. The fourth-order valence-electron chi connectivity index (χ4n) is 2.59. The predicted molar refractivity (Wildman–Crippen MR) is 84.7 cm³/mol. The van der Waals surface area contributed by atoms with Gasteiger partial charge in [0.15, 0.2) is 0 Å². The molecular weight excluding hydrogens is 323 g/mol. The van der Waals surface area contributed by atoms with E-state index in [0.717, 1.165) is 24.8 Å². The molecule has 24 heavy (non-hydrogen) atoms. The van der Waals surface area contributed by atoms with Gasteiger partial charge in [-0.25, -0.2) is 0 Å². The smallest absolute Gasteiger partial charge is 0.480 e. The van der Waals surface area contributed by atoms with Gasteiger partial charge in [-0.3, -0.25) is 4.79 Å². The topological polar surface area (TPSA) is 72.5 Å². The van der Waals surface area contributed by atoms with Crippen LogP contribution in [0.2, 0.25) is 0 Å². The van der Waals surface area contributed by atoms with Crippen molar-refractivity contribution in [1.29, 1.82) is 0 Å². The molecule has 2 unspecified atom stereocenters. The zero-order valence-corrected chi connectivity index (χ0v) is 13.9. The van der Waals surface area contributed by atoms with Crippen molar-refractivity contribution in [2.45, 2.75) is 57.9 Å². The molecule has 0 radical (unpaired) electrons. The van der Waals surface area contributed by atoms with Crippen LogP contribution in [0.15, 0.2) is 24.3 Å². The minimum absolute atomic E-state index is 0.198. The van der Waals surface area contributed by atoms with E-state index in [1.165, 1.54) is 19.1 Å². The second kappa shape index (κ2) is 8.37. The van der Waals surface area contributed by atoms with Crippen LogP contribution < -0.4 is 10.5 Å². The summed E-state index contributed by atoms with van der Waals surface area (Å²) in [7, 11) is 0. The summed E-state index contributed by atoms with van der Waals surface area (Å²) in [5.74, 6) is -1.05. The molecule has 0 spiro atoms. The molecule has 3 N–H and O–H groups in total. The van der Waals surface area contributed by atoms with Gasteiger partial charge in [0, 0.05) is 0 Å². The molecular formula is C17H24F3NO3. The molecule has 0 aliphatic carbocycles. The first-order chi connectivity index (χ1) is 11.0. The van der Waals surface area contributed by atoms with E-state index in [-0.39, 0.29) is 11.7 Å². The molecule has 0 saturated carbocycles. The Kier molecular flexibility index (Phi) is 7.08. The number of carboxylic acid groups (broad SMARTS) is 1. The SMILES string of the molecule is CCC(CCCc1ccc(OC(F)(F)F)cc1)CC(C)(N)C(=O)O. The third-order valence-corrected chi connectivity index (χ3v) is 4.01. The van der Waals surface area contributed by atoms with Crippen molar-refractivity contribution >= 4 is 5.97 Å². The highest BCUT2D eigenvalue weighted by molar-refractivity contribution is 5.77. The van der Waals surface area contributed by atoms with Crippen molar-refractivity contribution in [3.63, 3.8) is 0 Å². The summed E-state index contributed by atoms with van der Waals surface area (Å²) in [5.41, 5.74) is 5.45. The molecule has 0 saturated heterocycles. The van der Waals surface area contributed by atoms with Crippen LogP contribution in [0.5, 0.6) is 5.75 Å². The van der Waals surface area contributed by atoms with E-state index >= 15 is 0 Å². The fourth-order valence-corrected chi connectivity index (χ4v) is 2.59. The van der Waals surface area contributed by atoms with Gasteiger partial charge < -0.3 is 15.6 Å². The first-order valence-electron chi connectivity index (χ1n) is 7.90. The standard InChI is InChI=1S/C17H24F3NO3/c1-3-12(11-16(2,21)15(22)23)5-4-6-13-7-9-14(10-8-13)24-17(18,19)20/h7-10,12H,3-6,11,21H2,1-2H3,(H,22,23). The lowest BCUT2D eigenvalue weighted by Gasteiger charge is -2.25. The third-order valence-electron chi connectivity index (χ3n) is 4.01. The Hall–Kier alpha value is -1.76. The Balaban J connectivity index is 2.47. The van der Waals surface area contributed by atoms with Gasteiger partial charge in [0.25, 0.3) is 0 Å². The van der Waals surface area contributed by atoms with Gasteiger partial charge in [-0.2, -0.15) is 0 Å². The van der Waals surface area contributed by atoms with Crippen molar-refractivity contribution in [3.05, 3.63) is 29.8 Å². The molecule has 0 bridgehead atoms. The van der Waals surface area contributed by atoms with Crippen LogP contribution in [0.25, 0.3) is 0 Å². The summed E-state index contributed by atoms with van der Waals surface area (Å²) in [6, 6.07) is 5.79. The second-order valence-electron chi connectivity index (χ2n) is 6.28. The number of nitrogens with two attached hydrogens (primary N) is 1. The highest BCUT2D eigenvalue weighted by Crippen LogP contribution is 2.25. The van der Waals surface area contributed by atoms with Crippen LogP contribution in [-0.4, -0.2) is 23.0 Å². The van der Waals surface area contributed by atoms with Crippen LogP contribution >= 0.6 is 0 Å². The summed E-state index contributed by atoms with van der Waals surface area (Å²) in [6.45, 7) is 3.50. The molecule has 4 nitrogen and oxygen atoms in total. The summed E-state index contributed by atoms with van der Waals surface area (Å²) in [6.07, 6.45) is -1.12. The van der Waals surface area contributed by atoms with Gasteiger partial charge in [0.1, 0.15) is 11.3 Å². The van der Waals surface area contributed by atoms with Gasteiger partial charge in [-0.05, 0) is 49.8 Å². The Labute approximate surface area is 139 Å². The normalized spacial score (nSPS) is 15.6. The molecule has 1 aromatic rings. The summed E-state index contributed by atoms with van der Waals surface area (Å²) in [5, 5.41) is 9.08. The molecule has 0 aliphatic heterocycles. The summed E-state index contributed by atoms with van der Waals surface area (Å²) in [4.78, 5) is 11.1.